The van der Waals surface area contributed by atoms with Crippen LogP contribution in [0.2, 0.25) is 0 Å². The normalized spacial score (nSPS) is 11.6. The van der Waals surface area contributed by atoms with Crippen molar-refractivity contribution in [3.8, 4) is 0 Å². The third-order valence-corrected chi connectivity index (χ3v) is 5.22. The second-order valence-electron chi connectivity index (χ2n) is 7.48. The van der Waals surface area contributed by atoms with E-state index in [1.54, 1.807) is 37.3 Å². The smallest absolute Gasteiger partial charge is 0.243 e. The van der Waals surface area contributed by atoms with Crippen LogP contribution >= 0.6 is 0 Å². The molecule has 0 radical (unpaired) electrons. The number of amides is 2. The lowest BCUT2D eigenvalue weighted by Crippen LogP contribution is -2.51. The van der Waals surface area contributed by atoms with E-state index < -0.39 is 23.6 Å². The maximum Gasteiger partial charge on any atom is 0.243 e. The van der Waals surface area contributed by atoms with Crippen molar-refractivity contribution in [2.45, 2.75) is 32.4 Å². The Labute approximate surface area is 186 Å². The second-order valence-corrected chi connectivity index (χ2v) is 7.48. The van der Waals surface area contributed by atoms with Crippen LogP contribution in [-0.4, -0.2) is 29.3 Å². The molecule has 0 unspecified atom stereocenters. The Morgan fingerprint density at radius 3 is 2.00 bits per heavy atom. The summed E-state index contributed by atoms with van der Waals surface area (Å²) in [7, 11) is 0. The first kappa shape index (κ1) is 23.1. The Hall–Kier alpha value is -3.54. The highest BCUT2D eigenvalue weighted by molar-refractivity contribution is 5.88. The van der Waals surface area contributed by atoms with E-state index >= 15 is 0 Å². The molecule has 0 bridgehead atoms. The van der Waals surface area contributed by atoms with E-state index in [1.807, 2.05) is 30.3 Å². The molecule has 3 rings (SSSR count). The molecule has 1 atom stereocenters. The van der Waals surface area contributed by atoms with E-state index in [4.69, 9.17) is 0 Å². The summed E-state index contributed by atoms with van der Waals surface area (Å²) in [6, 6.07) is 20.6. The van der Waals surface area contributed by atoms with Crippen molar-refractivity contribution in [1.29, 1.82) is 0 Å². The van der Waals surface area contributed by atoms with Crippen LogP contribution in [0.5, 0.6) is 0 Å². The summed E-state index contributed by atoms with van der Waals surface area (Å²) in [5.74, 6) is -1.75. The molecule has 2 amide bonds. The zero-order valence-corrected chi connectivity index (χ0v) is 17.9. The van der Waals surface area contributed by atoms with Gasteiger partial charge in [0.05, 0.1) is 6.42 Å². The molecule has 0 heterocycles. The van der Waals surface area contributed by atoms with Gasteiger partial charge in [0.25, 0.3) is 0 Å². The molecule has 0 saturated heterocycles. The van der Waals surface area contributed by atoms with Crippen molar-refractivity contribution in [2.75, 3.05) is 6.54 Å². The molecular formula is C26H26F2N2O2. The first-order valence-electron chi connectivity index (χ1n) is 10.6. The van der Waals surface area contributed by atoms with Gasteiger partial charge in [-0.2, -0.15) is 0 Å². The van der Waals surface area contributed by atoms with Gasteiger partial charge in [-0.15, -0.1) is 0 Å². The van der Waals surface area contributed by atoms with Gasteiger partial charge in [0.2, 0.25) is 11.8 Å². The molecule has 0 aliphatic heterocycles. The van der Waals surface area contributed by atoms with Gasteiger partial charge in [0.15, 0.2) is 0 Å². The highest BCUT2D eigenvalue weighted by atomic mass is 19.1. The predicted octanol–water partition coefficient (Wildman–Crippen LogP) is 4.28. The summed E-state index contributed by atoms with van der Waals surface area (Å²) in [6.45, 7) is 2.08. The van der Waals surface area contributed by atoms with Gasteiger partial charge in [0.1, 0.15) is 17.7 Å². The summed E-state index contributed by atoms with van der Waals surface area (Å²) >= 11 is 0. The Bertz CT molecular complexity index is 1060. The number of carbonyl (C=O) groups is 2. The zero-order chi connectivity index (χ0) is 22.9. The lowest BCUT2D eigenvalue weighted by molar-refractivity contribution is -0.140. The molecule has 0 saturated carbocycles. The fraction of sp³-hybridized carbons (Fsp3) is 0.231. The molecule has 0 aliphatic rings. The Morgan fingerprint density at radius 1 is 0.844 bits per heavy atom. The third kappa shape index (κ3) is 6.00. The van der Waals surface area contributed by atoms with Gasteiger partial charge in [-0.3, -0.25) is 9.59 Å². The van der Waals surface area contributed by atoms with Crippen LogP contribution in [-0.2, 0) is 29.0 Å². The SMILES string of the molecule is CCNC(=O)[C@H](Cc1ccccc1)N(Cc1ccccc1F)C(=O)Cc1ccccc1F. The maximum absolute atomic E-state index is 14.4. The standard InChI is InChI=1S/C26H26F2N2O2/c1-2-29-26(32)24(16-19-10-4-3-5-11-19)30(18-21-13-7-9-15-23(21)28)25(31)17-20-12-6-8-14-22(20)27/h3-15,24H,2,16-18H2,1H3,(H,29,32)/t24-/m0/s1. The van der Waals surface area contributed by atoms with Crippen LogP contribution in [0, 0.1) is 11.6 Å². The van der Waals surface area contributed by atoms with Crippen LogP contribution in [0.3, 0.4) is 0 Å². The summed E-state index contributed by atoms with van der Waals surface area (Å²) in [5.41, 5.74) is 1.38. The van der Waals surface area contributed by atoms with Crippen LogP contribution < -0.4 is 5.32 Å². The molecule has 1 N–H and O–H groups in total. The number of rotatable bonds is 9. The highest BCUT2D eigenvalue weighted by Crippen LogP contribution is 2.19. The van der Waals surface area contributed by atoms with Crippen molar-refractivity contribution < 1.29 is 18.4 Å². The minimum Gasteiger partial charge on any atom is -0.355 e. The number of halogens is 2. The topological polar surface area (TPSA) is 49.4 Å². The van der Waals surface area contributed by atoms with E-state index in [0.717, 1.165) is 5.56 Å². The molecule has 6 heteroatoms. The van der Waals surface area contributed by atoms with Gasteiger partial charge >= 0.3 is 0 Å². The van der Waals surface area contributed by atoms with Crippen LogP contribution in [0.15, 0.2) is 78.9 Å². The van der Waals surface area contributed by atoms with Gasteiger partial charge in [-0.05, 0) is 30.2 Å². The fourth-order valence-corrected chi connectivity index (χ4v) is 3.56. The van der Waals surface area contributed by atoms with Gasteiger partial charge < -0.3 is 10.2 Å². The lowest BCUT2D eigenvalue weighted by atomic mass is 10.0. The molecule has 0 spiro atoms. The number of hydrogen-bond acceptors (Lipinski definition) is 2. The molecule has 0 fully saturated rings. The van der Waals surface area contributed by atoms with Crippen molar-refractivity contribution in [2.24, 2.45) is 0 Å². The summed E-state index contributed by atoms with van der Waals surface area (Å²) in [5, 5.41) is 2.78. The van der Waals surface area contributed by atoms with Crippen molar-refractivity contribution >= 4 is 11.8 Å². The molecule has 166 valence electrons. The Kier molecular flexibility index (Phi) is 8.08. The highest BCUT2D eigenvalue weighted by Gasteiger charge is 2.31. The summed E-state index contributed by atoms with van der Waals surface area (Å²) in [6.07, 6.45) is 0.0238. The number of carbonyl (C=O) groups excluding carboxylic acids is 2. The van der Waals surface area contributed by atoms with E-state index in [0.29, 0.717) is 6.54 Å². The van der Waals surface area contributed by atoms with Crippen LogP contribution in [0.4, 0.5) is 8.78 Å². The predicted molar refractivity (Wildman–Crippen MR) is 120 cm³/mol. The number of likely N-dealkylation sites (N-methyl/N-ethyl adjacent to an activating group) is 1. The van der Waals surface area contributed by atoms with Crippen molar-refractivity contribution in [3.05, 3.63) is 107 Å². The first-order chi connectivity index (χ1) is 15.5. The number of nitrogens with one attached hydrogen (secondary N) is 1. The van der Waals surface area contributed by atoms with E-state index in [9.17, 15) is 18.4 Å². The largest absolute Gasteiger partial charge is 0.355 e. The van der Waals surface area contributed by atoms with E-state index in [1.165, 1.54) is 23.1 Å². The zero-order valence-electron chi connectivity index (χ0n) is 17.9. The summed E-state index contributed by atoms with van der Waals surface area (Å²) < 4.78 is 28.7. The second kappa shape index (κ2) is 11.2. The van der Waals surface area contributed by atoms with Gasteiger partial charge in [0, 0.05) is 25.1 Å². The monoisotopic (exact) mass is 436 g/mol. The molecule has 3 aromatic rings. The van der Waals surface area contributed by atoms with Gasteiger partial charge in [-0.25, -0.2) is 8.78 Å². The van der Waals surface area contributed by atoms with E-state index in [-0.39, 0.29) is 36.4 Å². The Balaban J connectivity index is 1.98. The average Bonchev–Trinajstić information content (AvgIpc) is 2.79. The molecule has 32 heavy (non-hydrogen) atoms. The molecule has 0 aromatic heterocycles. The number of benzene rings is 3. The fourth-order valence-electron chi connectivity index (χ4n) is 3.56. The quantitative estimate of drug-likeness (QED) is 0.544. The minimum atomic E-state index is -0.878. The van der Waals surface area contributed by atoms with Crippen molar-refractivity contribution in [3.63, 3.8) is 0 Å². The molecule has 4 nitrogen and oxygen atoms in total. The molecule has 0 aliphatic carbocycles. The van der Waals surface area contributed by atoms with Crippen molar-refractivity contribution in [1.82, 2.24) is 10.2 Å². The maximum atomic E-state index is 14.4. The molecule has 3 aromatic carbocycles. The third-order valence-electron chi connectivity index (χ3n) is 5.22. The number of hydrogen-bond donors (Lipinski definition) is 1. The Morgan fingerprint density at radius 2 is 1.41 bits per heavy atom. The van der Waals surface area contributed by atoms with Crippen LogP contribution in [0.25, 0.3) is 0 Å². The minimum absolute atomic E-state index is 0.103. The average molecular weight is 437 g/mol. The van der Waals surface area contributed by atoms with Gasteiger partial charge in [-0.1, -0.05) is 66.7 Å². The van der Waals surface area contributed by atoms with Crippen LogP contribution in [0.1, 0.15) is 23.6 Å². The lowest BCUT2D eigenvalue weighted by Gasteiger charge is -2.31. The van der Waals surface area contributed by atoms with E-state index in [2.05, 4.69) is 5.32 Å². The first-order valence-corrected chi connectivity index (χ1v) is 10.6. The number of nitrogens with zero attached hydrogens (tertiary/aromatic N) is 1. The molecular weight excluding hydrogens is 410 g/mol. The summed E-state index contributed by atoms with van der Waals surface area (Å²) in [4.78, 5) is 27.7.